The van der Waals surface area contributed by atoms with E-state index >= 15 is 0 Å². The number of aromatic amines is 1. The van der Waals surface area contributed by atoms with Crippen LogP contribution in [0.25, 0.3) is 21.8 Å². The van der Waals surface area contributed by atoms with E-state index in [0.717, 1.165) is 16.6 Å². The molecule has 2 aromatic carbocycles. The third-order valence-electron chi connectivity index (χ3n) is 5.01. The highest BCUT2D eigenvalue weighted by molar-refractivity contribution is 6.02. The fraction of sp³-hybridized carbons (Fsp3) is 0.182. The maximum absolute atomic E-state index is 12.8. The lowest BCUT2D eigenvalue weighted by molar-refractivity contribution is -0.120. The molecule has 29 heavy (non-hydrogen) atoms. The molecule has 0 fully saturated rings. The summed E-state index contributed by atoms with van der Waals surface area (Å²) in [6.07, 6.45) is 1.72. The molecular weight excluding hydrogens is 366 g/mol. The number of carbonyl (C=O) groups excluding carboxylic acids is 1. The number of para-hydroxylation sites is 1. The minimum absolute atomic E-state index is 0.146. The molecule has 0 aliphatic heterocycles. The van der Waals surface area contributed by atoms with Crippen molar-refractivity contribution in [1.29, 1.82) is 0 Å². The van der Waals surface area contributed by atoms with Gasteiger partial charge in [0.2, 0.25) is 5.91 Å². The molecule has 146 valence electrons. The lowest BCUT2D eigenvalue weighted by Crippen LogP contribution is -2.39. The Hall–Kier alpha value is -3.58. The van der Waals surface area contributed by atoms with E-state index in [4.69, 9.17) is 0 Å². The van der Waals surface area contributed by atoms with Crippen molar-refractivity contribution in [2.45, 2.75) is 19.5 Å². The quantitative estimate of drug-likeness (QED) is 0.549. The van der Waals surface area contributed by atoms with Crippen LogP contribution in [0.2, 0.25) is 0 Å². The topological polar surface area (TPSA) is 91.0 Å². The van der Waals surface area contributed by atoms with Gasteiger partial charge in [-0.05, 0) is 50.4 Å². The molecule has 2 aromatic heterocycles. The van der Waals surface area contributed by atoms with Gasteiger partial charge in [-0.2, -0.15) is 0 Å². The van der Waals surface area contributed by atoms with E-state index in [1.807, 2.05) is 55.3 Å². The second-order valence-electron chi connectivity index (χ2n) is 6.99. The van der Waals surface area contributed by atoms with Crippen molar-refractivity contribution in [3.63, 3.8) is 0 Å². The van der Waals surface area contributed by atoms with Crippen molar-refractivity contribution in [2.24, 2.45) is 0 Å². The van der Waals surface area contributed by atoms with Crippen molar-refractivity contribution in [2.75, 3.05) is 12.4 Å². The zero-order valence-corrected chi connectivity index (χ0v) is 16.2. The molecule has 0 spiro atoms. The molecule has 2 heterocycles. The maximum Gasteiger partial charge on any atom is 0.258 e. The van der Waals surface area contributed by atoms with Gasteiger partial charge in [0.05, 0.1) is 34.7 Å². The van der Waals surface area contributed by atoms with Crippen molar-refractivity contribution >= 4 is 33.4 Å². The highest BCUT2D eigenvalue weighted by Gasteiger charge is 2.20. The van der Waals surface area contributed by atoms with Gasteiger partial charge in [0.15, 0.2) is 0 Å². The normalized spacial score (nSPS) is 12.4. The number of fused-ring (bicyclic) bond motifs is 2. The van der Waals surface area contributed by atoms with Gasteiger partial charge in [0, 0.05) is 11.6 Å². The van der Waals surface area contributed by atoms with Crippen LogP contribution in [0, 0.1) is 0 Å². The number of hydrogen-bond acceptors (Lipinski definition) is 5. The molecule has 7 heteroatoms. The number of pyridine rings is 1. The van der Waals surface area contributed by atoms with Crippen LogP contribution < -0.4 is 10.9 Å². The van der Waals surface area contributed by atoms with Crippen molar-refractivity contribution in [3.05, 3.63) is 77.0 Å². The predicted molar refractivity (Wildman–Crippen MR) is 114 cm³/mol. The summed E-state index contributed by atoms with van der Waals surface area (Å²) >= 11 is 0. The zero-order chi connectivity index (χ0) is 20.4. The first-order valence-corrected chi connectivity index (χ1v) is 9.36. The van der Waals surface area contributed by atoms with E-state index in [0.29, 0.717) is 23.3 Å². The number of likely N-dealkylation sites (N-methyl/N-ethyl adjacent to an activating group) is 1. The van der Waals surface area contributed by atoms with Gasteiger partial charge in [0.1, 0.15) is 5.82 Å². The Bertz CT molecular complexity index is 1250. The smallest absolute Gasteiger partial charge is 0.258 e. The maximum atomic E-state index is 12.8. The van der Waals surface area contributed by atoms with Gasteiger partial charge in [0.25, 0.3) is 5.56 Å². The second kappa shape index (κ2) is 7.81. The Balaban J connectivity index is 1.51. The number of H-pyrrole nitrogens is 1. The van der Waals surface area contributed by atoms with Gasteiger partial charge in [-0.15, -0.1) is 0 Å². The summed E-state index contributed by atoms with van der Waals surface area (Å²) in [5.74, 6) is 0.372. The van der Waals surface area contributed by atoms with E-state index in [2.05, 4.69) is 20.3 Å². The first-order chi connectivity index (χ1) is 14.0. The number of carbonyl (C=O) groups is 1. The molecule has 0 aliphatic carbocycles. The lowest BCUT2D eigenvalue weighted by Gasteiger charge is -2.23. The first-order valence-electron chi connectivity index (χ1n) is 9.36. The van der Waals surface area contributed by atoms with Gasteiger partial charge < -0.3 is 10.3 Å². The molecular formula is C22H21N5O2. The number of hydrogen-bond donors (Lipinski definition) is 2. The summed E-state index contributed by atoms with van der Waals surface area (Å²) < 4.78 is 0. The van der Waals surface area contributed by atoms with Crippen LogP contribution in [0.3, 0.4) is 0 Å². The third kappa shape index (κ3) is 3.86. The number of benzene rings is 2. The van der Waals surface area contributed by atoms with E-state index in [9.17, 15) is 9.59 Å². The third-order valence-corrected chi connectivity index (χ3v) is 5.01. The molecule has 0 saturated carbocycles. The molecule has 0 aliphatic rings. The standard InChI is InChI=1S/C22H21N5O2/c1-14(21(28)25-18-11-5-10-17-15(18)8-6-12-23-17)27(2)13-20-24-19-9-4-3-7-16(19)22(29)26-20/h3-12,14H,13H2,1-2H3,(H,25,28)(H,24,26,29). The monoisotopic (exact) mass is 387 g/mol. The van der Waals surface area contributed by atoms with Crippen molar-refractivity contribution < 1.29 is 4.79 Å². The summed E-state index contributed by atoms with van der Waals surface area (Å²) in [6, 6.07) is 16.2. The predicted octanol–water partition coefficient (Wildman–Crippen LogP) is 2.93. The van der Waals surface area contributed by atoms with Gasteiger partial charge in [-0.1, -0.05) is 18.2 Å². The number of aromatic nitrogens is 3. The largest absolute Gasteiger partial charge is 0.324 e. The van der Waals surface area contributed by atoms with Crippen LogP contribution in [-0.4, -0.2) is 38.8 Å². The minimum Gasteiger partial charge on any atom is -0.324 e. The molecule has 1 unspecified atom stereocenters. The molecule has 2 N–H and O–H groups in total. The number of amides is 1. The summed E-state index contributed by atoms with van der Waals surface area (Å²) in [6.45, 7) is 2.16. The Morgan fingerprint density at radius 2 is 1.83 bits per heavy atom. The fourth-order valence-electron chi connectivity index (χ4n) is 3.23. The van der Waals surface area contributed by atoms with E-state index in [-0.39, 0.29) is 11.5 Å². The minimum atomic E-state index is -0.432. The molecule has 7 nitrogen and oxygen atoms in total. The Kier molecular flexibility index (Phi) is 5.05. The highest BCUT2D eigenvalue weighted by atomic mass is 16.2. The molecule has 0 bridgehead atoms. The van der Waals surface area contributed by atoms with E-state index < -0.39 is 6.04 Å². The number of rotatable bonds is 5. The average molecular weight is 387 g/mol. The molecule has 1 atom stereocenters. The van der Waals surface area contributed by atoms with Crippen molar-refractivity contribution in [3.8, 4) is 0 Å². The Morgan fingerprint density at radius 3 is 2.69 bits per heavy atom. The number of nitrogens with one attached hydrogen (secondary N) is 2. The molecule has 4 rings (SSSR count). The second-order valence-corrected chi connectivity index (χ2v) is 6.99. The SMILES string of the molecule is CC(C(=O)Nc1cccc2ncccc12)N(C)Cc1nc2ccccc2c(=O)[nH]1. The molecule has 0 saturated heterocycles. The number of nitrogens with zero attached hydrogens (tertiary/aromatic N) is 3. The molecule has 1 amide bonds. The van der Waals surface area contributed by atoms with Crippen LogP contribution >= 0.6 is 0 Å². The Labute approximate surface area is 167 Å². The van der Waals surface area contributed by atoms with Gasteiger partial charge in [-0.3, -0.25) is 19.5 Å². The zero-order valence-electron chi connectivity index (χ0n) is 16.2. The van der Waals surface area contributed by atoms with Crippen LogP contribution in [0.4, 0.5) is 5.69 Å². The Morgan fingerprint density at radius 1 is 1.07 bits per heavy atom. The van der Waals surface area contributed by atoms with Crippen molar-refractivity contribution in [1.82, 2.24) is 19.9 Å². The average Bonchev–Trinajstić information content (AvgIpc) is 2.73. The van der Waals surface area contributed by atoms with Gasteiger partial charge in [-0.25, -0.2) is 4.98 Å². The molecule has 4 aromatic rings. The summed E-state index contributed by atoms with van der Waals surface area (Å²) in [4.78, 5) is 38.5. The first kappa shape index (κ1) is 18.8. The van der Waals surface area contributed by atoms with Crippen LogP contribution in [0.5, 0.6) is 0 Å². The van der Waals surface area contributed by atoms with Crippen LogP contribution in [-0.2, 0) is 11.3 Å². The van der Waals surface area contributed by atoms with Crippen LogP contribution in [0.15, 0.2) is 65.6 Å². The summed E-state index contributed by atoms with van der Waals surface area (Å²) in [5.41, 5.74) is 2.00. The van der Waals surface area contributed by atoms with Gasteiger partial charge >= 0.3 is 0 Å². The molecule has 0 radical (unpaired) electrons. The lowest BCUT2D eigenvalue weighted by atomic mass is 10.1. The highest BCUT2D eigenvalue weighted by Crippen LogP contribution is 2.21. The summed E-state index contributed by atoms with van der Waals surface area (Å²) in [5, 5.41) is 4.42. The van der Waals surface area contributed by atoms with E-state index in [1.165, 1.54) is 0 Å². The van der Waals surface area contributed by atoms with Crippen LogP contribution in [0.1, 0.15) is 12.7 Å². The fourth-order valence-corrected chi connectivity index (χ4v) is 3.23. The summed E-state index contributed by atoms with van der Waals surface area (Å²) in [7, 11) is 1.82. The number of anilines is 1. The van der Waals surface area contributed by atoms with E-state index in [1.54, 1.807) is 24.4 Å².